The Morgan fingerprint density at radius 3 is 2.48 bits per heavy atom. The molecule has 3 aromatic rings. The number of aliphatic hydroxyl groups excluding tert-OH is 1. The van der Waals surface area contributed by atoms with Crippen LogP contribution in [-0.2, 0) is 16.1 Å². The number of benzene rings is 1. The lowest BCUT2D eigenvalue weighted by Gasteiger charge is -2.37. The third-order valence-electron chi connectivity index (χ3n) is 8.63. The monoisotopic (exact) mass is 643 g/mol. The van der Waals surface area contributed by atoms with Gasteiger partial charge in [-0.15, -0.1) is 0 Å². The number of hydrogen-bond acceptors (Lipinski definition) is 9. The number of rotatable bonds is 14. The molecule has 1 aromatic carbocycles. The predicted molar refractivity (Wildman–Crippen MR) is 165 cm³/mol. The summed E-state index contributed by atoms with van der Waals surface area (Å²) in [5.74, 6) is 0.657. The number of alkyl halides is 3. The van der Waals surface area contributed by atoms with E-state index >= 15 is 0 Å². The van der Waals surface area contributed by atoms with Crippen molar-refractivity contribution in [1.82, 2.24) is 15.0 Å². The van der Waals surface area contributed by atoms with Gasteiger partial charge in [0.25, 0.3) is 0 Å². The average molecular weight is 644 g/mol. The van der Waals surface area contributed by atoms with Gasteiger partial charge in [0.15, 0.2) is 6.23 Å². The van der Waals surface area contributed by atoms with Crippen molar-refractivity contribution in [3.8, 4) is 5.75 Å². The number of piperidine rings is 1. The van der Waals surface area contributed by atoms with Crippen molar-refractivity contribution in [3.63, 3.8) is 0 Å². The Bertz CT molecular complexity index is 1480. The van der Waals surface area contributed by atoms with E-state index in [4.69, 9.17) is 9.47 Å². The molecule has 3 heterocycles. The van der Waals surface area contributed by atoms with E-state index in [0.717, 1.165) is 41.8 Å². The molecule has 2 atom stereocenters. The van der Waals surface area contributed by atoms with Crippen molar-refractivity contribution < 1.29 is 37.7 Å². The average Bonchev–Trinajstić information content (AvgIpc) is 3.87. The van der Waals surface area contributed by atoms with Gasteiger partial charge in [-0.05, 0) is 86.3 Å². The van der Waals surface area contributed by atoms with Crippen LogP contribution in [-0.4, -0.2) is 70.7 Å². The van der Waals surface area contributed by atoms with Crippen molar-refractivity contribution >= 4 is 17.5 Å². The van der Waals surface area contributed by atoms with Crippen LogP contribution < -0.4 is 14.5 Å². The molecular weight excluding hydrogens is 603 g/mol. The van der Waals surface area contributed by atoms with Gasteiger partial charge in [0.2, 0.25) is 0 Å². The minimum absolute atomic E-state index is 0.00535. The van der Waals surface area contributed by atoms with Crippen molar-refractivity contribution in [1.29, 1.82) is 0 Å². The fourth-order valence-electron chi connectivity index (χ4n) is 6.12. The third kappa shape index (κ3) is 8.85. The molecule has 2 aromatic heterocycles. The molecule has 1 saturated carbocycles. The minimum Gasteiger partial charge on any atom is -0.497 e. The van der Waals surface area contributed by atoms with E-state index in [9.17, 15) is 28.2 Å². The molecule has 1 aliphatic carbocycles. The van der Waals surface area contributed by atoms with Crippen LogP contribution in [0.1, 0.15) is 66.9 Å². The fourth-order valence-corrected chi connectivity index (χ4v) is 6.12. The lowest BCUT2D eigenvalue weighted by atomic mass is 9.91. The highest BCUT2D eigenvalue weighted by Crippen LogP contribution is 2.44. The van der Waals surface area contributed by atoms with Crippen LogP contribution in [0.2, 0.25) is 0 Å². The number of carbonyl (C=O) groups is 1. The Morgan fingerprint density at radius 2 is 1.83 bits per heavy atom. The minimum atomic E-state index is -4.58. The molecule has 0 amide bonds. The number of carboxylic acid groups (broad SMARTS) is 1. The number of pyridine rings is 1. The number of ether oxygens (including phenoxy) is 2. The SMILES string of the molecule is COc1ccc(C(O)N(CC(F)(F)F)c2ccnc(C)n2)c(N2CCC(COCc3cc(C(CC(=O)O)C4CC4)ccn3)CC2)c1. The second-order valence-corrected chi connectivity index (χ2v) is 12.1. The van der Waals surface area contributed by atoms with Crippen molar-refractivity contribution in [3.05, 3.63) is 71.4 Å². The zero-order valence-corrected chi connectivity index (χ0v) is 26.0. The van der Waals surface area contributed by atoms with Gasteiger partial charge in [-0.1, -0.05) is 0 Å². The van der Waals surface area contributed by atoms with Crippen molar-refractivity contribution in [2.24, 2.45) is 11.8 Å². The van der Waals surface area contributed by atoms with E-state index in [1.54, 1.807) is 31.3 Å². The predicted octanol–water partition coefficient (Wildman–Crippen LogP) is 5.65. The van der Waals surface area contributed by atoms with E-state index in [1.165, 1.54) is 19.4 Å². The maximum absolute atomic E-state index is 13.7. The third-order valence-corrected chi connectivity index (χ3v) is 8.63. The molecular formula is C33H40F3N5O5. The molecule has 1 aliphatic heterocycles. The molecule has 0 bridgehead atoms. The standard InChI is InChI=1S/C33H40F3N5O5/c1-21-37-12-8-30(39-21)41(20-33(34,35)36)32(44)27-6-5-26(45-2)16-29(27)40-13-9-22(10-14-40)18-46-19-25-15-24(7-11-38-25)28(17-31(42)43)23-3-4-23/h5-8,11-12,15-16,22-23,28,32,44H,3-4,9-10,13-14,17-20H2,1-2H3,(H,42,43). The normalized spacial score (nSPS) is 17.0. The number of aliphatic hydroxyl groups is 1. The number of hydrogen-bond donors (Lipinski definition) is 2. The number of aliphatic carboxylic acids is 1. The Balaban J connectivity index is 1.23. The second-order valence-electron chi connectivity index (χ2n) is 12.1. The lowest BCUT2D eigenvalue weighted by molar-refractivity contribution is -0.137. The summed E-state index contributed by atoms with van der Waals surface area (Å²) in [7, 11) is 1.52. The summed E-state index contributed by atoms with van der Waals surface area (Å²) >= 11 is 0. The molecule has 248 valence electrons. The molecule has 0 radical (unpaired) electrons. The van der Waals surface area contributed by atoms with E-state index < -0.39 is 24.9 Å². The molecule has 2 N–H and O–H groups in total. The van der Waals surface area contributed by atoms with Crippen molar-refractivity contribution in [2.75, 3.05) is 43.2 Å². The highest BCUT2D eigenvalue weighted by Gasteiger charge is 2.37. The molecule has 2 aliphatic rings. The first-order valence-corrected chi connectivity index (χ1v) is 15.5. The molecule has 46 heavy (non-hydrogen) atoms. The molecule has 13 heteroatoms. The number of carboxylic acids is 1. The first kappa shape index (κ1) is 33.4. The van der Waals surface area contributed by atoms with Crippen molar-refractivity contribution in [2.45, 2.75) is 64.0 Å². The van der Waals surface area contributed by atoms with Gasteiger partial charge >= 0.3 is 12.1 Å². The number of anilines is 2. The summed E-state index contributed by atoms with van der Waals surface area (Å²) in [5, 5.41) is 20.8. The first-order valence-electron chi connectivity index (χ1n) is 15.5. The molecule has 10 nitrogen and oxygen atoms in total. The largest absolute Gasteiger partial charge is 0.497 e. The number of methoxy groups -OCH3 is 1. The van der Waals surface area contributed by atoms with Crippen LogP contribution in [0, 0.1) is 18.8 Å². The maximum atomic E-state index is 13.7. The Kier molecular flexibility index (Phi) is 10.6. The highest BCUT2D eigenvalue weighted by molar-refractivity contribution is 5.68. The van der Waals surface area contributed by atoms with E-state index in [0.29, 0.717) is 55.0 Å². The number of aromatic nitrogens is 3. The first-order chi connectivity index (χ1) is 22.0. The molecule has 2 fully saturated rings. The van der Waals surface area contributed by atoms with Gasteiger partial charge < -0.3 is 29.5 Å². The molecule has 0 spiro atoms. The summed E-state index contributed by atoms with van der Waals surface area (Å²) in [5.41, 5.74) is 2.67. The van der Waals surface area contributed by atoms with Gasteiger partial charge in [0, 0.05) is 42.8 Å². The Morgan fingerprint density at radius 1 is 1.09 bits per heavy atom. The maximum Gasteiger partial charge on any atom is 0.406 e. The zero-order chi connectivity index (χ0) is 32.8. The highest BCUT2D eigenvalue weighted by atomic mass is 19.4. The van der Waals surface area contributed by atoms with Crippen LogP contribution in [0.5, 0.6) is 5.75 Å². The number of aryl methyl sites for hydroxylation is 1. The van der Waals surface area contributed by atoms with Crippen LogP contribution in [0.25, 0.3) is 0 Å². The summed E-state index contributed by atoms with van der Waals surface area (Å²) in [6.45, 7) is 2.24. The van der Waals surface area contributed by atoms with E-state index in [-0.39, 0.29) is 24.1 Å². The number of halogens is 3. The zero-order valence-electron chi connectivity index (χ0n) is 26.0. The molecule has 5 rings (SSSR count). The van der Waals surface area contributed by atoms with Gasteiger partial charge in [-0.2, -0.15) is 13.2 Å². The summed E-state index contributed by atoms with van der Waals surface area (Å²) in [4.78, 5) is 26.8. The number of nitrogens with zero attached hydrogens (tertiary/aromatic N) is 5. The van der Waals surface area contributed by atoms with Gasteiger partial charge in [0.05, 0.1) is 32.4 Å². The summed E-state index contributed by atoms with van der Waals surface area (Å²) in [6.07, 6.45) is 0.636. The van der Waals surface area contributed by atoms with Gasteiger partial charge in [-0.25, -0.2) is 9.97 Å². The van der Waals surface area contributed by atoms with Crippen LogP contribution in [0.15, 0.2) is 48.8 Å². The summed E-state index contributed by atoms with van der Waals surface area (Å²) in [6, 6.07) is 10.2. The lowest BCUT2D eigenvalue weighted by Crippen LogP contribution is -2.40. The van der Waals surface area contributed by atoms with Gasteiger partial charge in [0.1, 0.15) is 23.9 Å². The van der Waals surface area contributed by atoms with Gasteiger partial charge in [-0.3, -0.25) is 9.78 Å². The van der Waals surface area contributed by atoms with E-state index in [1.807, 2.05) is 12.1 Å². The van der Waals surface area contributed by atoms with E-state index in [2.05, 4.69) is 19.9 Å². The van der Waals surface area contributed by atoms with Crippen LogP contribution >= 0.6 is 0 Å². The van der Waals surface area contributed by atoms with Crippen LogP contribution in [0.4, 0.5) is 24.7 Å². The van der Waals surface area contributed by atoms with Crippen LogP contribution in [0.3, 0.4) is 0 Å². The quantitative estimate of drug-likeness (QED) is 0.213. The summed E-state index contributed by atoms with van der Waals surface area (Å²) < 4.78 is 52.5. The molecule has 2 unspecified atom stereocenters. The topological polar surface area (TPSA) is 121 Å². The molecule has 1 saturated heterocycles. The Labute approximate surface area is 266 Å². The second kappa shape index (κ2) is 14.6. The fraction of sp³-hybridized carbons (Fsp3) is 0.515. The Hall–Kier alpha value is -3.97. The smallest absolute Gasteiger partial charge is 0.406 e.